The fourth-order valence-electron chi connectivity index (χ4n) is 2.42. The molecule has 2 unspecified atom stereocenters. The van der Waals surface area contributed by atoms with Gasteiger partial charge in [0.15, 0.2) is 0 Å². The van der Waals surface area contributed by atoms with Gasteiger partial charge in [0, 0.05) is 11.3 Å². The summed E-state index contributed by atoms with van der Waals surface area (Å²) in [6.45, 7) is 6.46. The molecule has 1 spiro atoms. The molecule has 11 heavy (non-hydrogen) atoms. The molecule has 2 heteroatoms. The van der Waals surface area contributed by atoms with E-state index in [1.807, 2.05) is 0 Å². The van der Waals surface area contributed by atoms with Crippen LogP contribution in [-0.2, 0) is 4.74 Å². The molecule has 0 aromatic rings. The molecule has 1 nitrogen and oxygen atoms in total. The summed E-state index contributed by atoms with van der Waals surface area (Å²) in [5.41, 5.74) is 0.821. The molecular formula is C9H15ClO. The van der Waals surface area contributed by atoms with Crippen LogP contribution in [0.4, 0.5) is 0 Å². The normalized spacial score (nSPS) is 46.6. The number of hydrogen-bond acceptors (Lipinski definition) is 1. The molecule has 2 rings (SSSR count). The first-order valence-corrected chi connectivity index (χ1v) is 4.79. The summed E-state index contributed by atoms with van der Waals surface area (Å²) >= 11 is 5.84. The maximum absolute atomic E-state index is 5.84. The second-order valence-electron chi connectivity index (χ2n) is 4.59. The van der Waals surface area contributed by atoms with Crippen LogP contribution in [0, 0.1) is 16.7 Å². The van der Waals surface area contributed by atoms with Gasteiger partial charge in [-0.1, -0.05) is 13.8 Å². The molecule has 1 aliphatic heterocycles. The van der Waals surface area contributed by atoms with Crippen molar-refractivity contribution < 1.29 is 4.74 Å². The number of halogens is 1. The maximum Gasteiger partial charge on any atom is 0.0531 e. The molecule has 2 fully saturated rings. The minimum atomic E-state index is 0.368. The average Bonchev–Trinajstić information content (AvgIpc) is 2.56. The molecule has 0 aromatic carbocycles. The first kappa shape index (κ1) is 7.88. The lowest BCUT2D eigenvalue weighted by Gasteiger charge is -2.25. The molecule has 1 saturated heterocycles. The summed E-state index contributed by atoms with van der Waals surface area (Å²) in [4.78, 5) is 0. The third-order valence-electron chi connectivity index (χ3n) is 3.59. The predicted octanol–water partition coefficient (Wildman–Crippen LogP) is 2.29. The molecule has 0 amide bonds. The lowest BCUT2D eigenvalue weighted by atomic mass is 9.77. The number of rotatable bonds is 1. The van der Waals surface area contributed by atoms with Crippen LogP contribution >= 0.6 is 11.6 Å². The Morgan fingerprint density at radius 1 is 1.45 bits per heavy atom. The molecule has 1 saturated carbocycles. The van der Waals surface area contributed by atoms with Gasteiger partial charge in [0.25, 0.3) is 0 Å². The Morgan fingerprint density at radius 2 is 2.18 bits per heavy atom. The highest BCUT2D eigenvalue weighted by molar-refractivity contribution is 6.18. The molecule has 1 aliphatic carbocycles. The Bertz CT molecular complexity index is 178. The lowest BCUT2D eigenvalue weighted by molar-refractivity contribution is 0.166. The predicted molar refractivity (Wildman–Crippen MR) is 45.9 cm³/mol. The van der Waals surface area contributed by atoms with Crippen molar-refractivity contribution in [2.24, 2.45) is 16.7 Å². The zero-order valence-electron chi connectivity index (χ0n) is 7.19. The lowest BCUT2D eigenvalue weighted by Crippen LogP contribution is -2.25. The van der Waals surface area contributed by atoms with E-state index in [0.717, 1.165) is 25.0 Å². The van der Waals surface area contributed by atoms with Crippen LogP contribution in [0.2, 0.25) is 0 Å². The smallest absolute Gasteiger partial charge is 0.0531 e. The second kappa shape index (κ2) is 2.14. The average molecular weight is 175 g/mol. The van der Waals surface area contributed by atoms with E-state index in [1.54, 1.807) is 0 Å². The Balaban J connectivity index is 2.15. The van der Waals surface area contributed by atoms with Crippen molar-refractivity contribution in [2.75, 3.05) is 19.1 Å². The first-order valence-electron chi connectivity index (χ1n) is 4.26. The topological polar surface area (TPSA) is 9.23 Å². The number of alkyl halides is 1. The Morgan fingerprint density at radius 3 is 2.55 bits per heavy atom. The largest absolute Gasteiger partial charge is 0.380 e. The van der Waals surface area contributed by atoms with Gasteiger partial charge in [0.05, 0.1) is 13.2 Å². The van der Waals surface area contributed by atoms with Crippen molar-refractivity contribution in [2.45, 2.75) is 20.3 Å². The molecular weight excluding hydrogens is 160 g/mol. The molecule has 1 heterocycles. The van der Waals surface area contributed by atoms with Crippen LogP contribution in [0.1, 0.15) is 20.3 Å². The van der Waals surface area contributed by atoms with E-state index in [0.29, 0.717) is 10.8 Å². The van der Waals surface area contributed by atoms with Crippen molar-refractivity contribution in [1.29, 1.82) is 0 Å². The molecule has 2 atom stereocenters. The highest BCUT2D eigenvalue weighted by Crippen LogP contribution is 2.66. The summed E-state index contributed by atoms with van der Waals surface area (Å²) in [6, 6.07) is 0. The van der Waals surface area contributed by atoms with Crippen molar-refractivity contribution in [1.82, 2.24) is 0 Å². The molecule has 0 bridgehead atoms. The number of hydrogen-bond donors (Lipinski definition) is 0. The second-order valence-corrected chi connectivity index (χ2v) is 4.90. The summed E-state index contributed by atoms with van der Waals surface area (Å²) < 4.78 is 5.51. The van der Waals surface area contributed by atoms with E-state index in [2.05, 4.69) is 13.8 Å². The monoisotopic (exact) mass is 174 g/mol. The van der Waals surface area contributed by atoms with Crippen molar-refractivity contribution in [3.8, 4) is 0 Å². The zero-order valence-corrected chi connectivity index (χ0v) is 7.95. The van der Waals surface area contributed by atoms with Crippen LogP contribution < -0.4 is 0 Å². The van der Waals surface area contributed by atoms with E-state index in [-0.39, 0.29) is 0 Å². The Kier molecular flexibility index (Phi) is 1.53. The highest BCUT2D eigenvalue weighted by atomic mass is 35.5. The quantitative estimate of drug-likeness (QED) is 0.555. The summed E-state index contributed by atoms with van der Waals surface area (Å²) in [6.07, 6.45) is 1.28. The fourth-order valence-corrected chi connectivity index (χ4v) is 2.82. The third kappa shape index (κ3) is 0.874. The first-order chi connectivity index (χ1) is 5.12. The minimum Gasteiger partial charge on any atom is -0.380 e. The van der Waals surface area contributed by atoms with Crippen molar-refractivity contribution >= 4 is 11.6 Å². The van der Waals surface area contributed by atoms with E-state index in [4.69, 9.17) is 16.3 Å². The van der Waals surface area contributed by atoms with Gasteiger partial charge in [-0.2, -0.15) is 0 Å². The molecule has 64 valence electrons. The zero-order chi connectivity index (χ0) is 8.11. The van der Waals surface area contributed by atoms with Gasteiger partial charge in [0.1, 0.15) is 0 Å². The summed E-state index contributed by atoms with van der Waals surface area (Å²) in [5.74, 6) is 1.54. The molecule has 0 radical (unpaired) electrons. The van der Waals surface area contributed by atoms with Crippen LogP contribution in [0.25, 0.3) is 0 Å². The van der Waals surface area contributed by atoms with Gasteiger partial charge in [-0.25, -0.2) is 0 Å². The number of ether oxygens (including phenoxy) is 1. The van der Waals surface area contributed by atoms with Crippen molar-refractivity contribution in [3.05, 3.63) is 0 Å². The van der Waals surface area contributed by atoms with Crippen LogP contribution in [-0.4, -0.2) is 19.1 Å². The van der Waals surface area contributed by atoms with E-state index in [9.17, 15) is 0 Å². The van der Waals surface area contributed by atoms with Gasteiger partial charge in [-0.05, 0) is 17.8 Å². The highest BCUT2D eigenvalue weighted by Gasteiger charge is 2.65. The van der Waals surface area contributed by atoms with E-state index in [1.165, 1.54) is 6.42 Å². The molecule has 0 aromatic heterocycles. The molecule has 0 N–H and O–H groups in total. The van der Waals surface area contributed by atoms with Crippen molar-refractivity contribution in [3.63, 3.8) is 0 Å². The third-order valence-corrected chi connectivity index (χ3v) is 3.96. The van der Waals surface area contributed by atoms with E-state index >= 15 is 0 Å². The van der Waals surface area contributed by atoms with Gasteiger partial charge in [-0.3, -0.25) is 0 Å². The summed E-state index contributed by atoms with van der Waals surface area (Å²) in [7, 11) is 0. The van der Waals surface area contributed by atoms with Crippen LogP contribution in [0.15, 0.2) is 0 Å². The van der Waals surface area contributed by atoms with Crippen LogP contribution in [0.5, 0.6) is 0 Å². The summed E-state index contributed by atoms with van der Waals surface area (Å²) in [5, 5.41) is 0. The fraction of sp³-hybridized carbons (Fsp3) is 1.00. The molecule has 2 aliphatic rings. The van der Waals surface area contributed by atoms with Gasteiger partial charge in [-0.15, -0.1) is 11.6 Å². The SMILES string of the molecule is CC1(C)COCC12CC2CCl. The van der Waals surface area contributed by atoms with Crippen LogP contribution in [0.3, 0.4) is 0 Å². The maximum atomic E-state index is 5.84. The van der Waals surface area contributed by atoms with Gasteiger partial charge >= 0.3 is 0 Å². The van der Waals surface area contributed by atoms with Gasteiger partial charge < -0.3 is 4.74 Å². The Hall–Kier alpha value is 0.250. The van der Waals surface area contributed by atoms with Gasteiger partial charge in [0.2, 0.25) is 0 Å². The standard InChI is InChI=1S/C9H15ClO/c1-8(2)5-11-6-9(8)3-7(9)4-10/h7H,3-6H2,1-2H3. The van der Waals surface area contributed by atoms with E-state index < -0.39 is 0 Å². The Labute approximate surface area is 73.1 Å². The minimum absolute atomic E-state index is 0.368.